The summed E-state index contributed by atoms with van der Waals surface area (Å²) in [6.45, 7) is 4.30. The van der Waals surface area contributed by atoms with Gasteiger partial charge in [0.15, 0.2) is 0 Å². The quantitative estimate of drug-likeness (QED) is 0.859. The second-order valence-electron chi connectivity index (χ2n) is 4.41. The third-order valence-corrected chi connectivity index (χ3v) is 3.47. The summed E-state index contributed by atoms with van der Waals surface area (Å²) in [7, 11) is 2.04. The van der Waals surface area contributed by atoms with E-state index >= 15 is 0 Å². The van der Waals surface area contributed by atoms with Gasteiger partial charge in [-0.1, -0.05) is 31.2 Å². The van der Waals surface area contributed by atoms with E-state index in [1.54, 1.807) is 0 Å². The van der Waals surface area contributed by atoms with Crippen molar-refractivity contribution >= 4 is 0 Å². The average molecular weight is 229 g/mol. The minimum atomic E-state index is 0.104. The lowest BCUT2D eigenvalue weighted by Crippen LogP contribution is -1.95. The maximum atomic E-state index is 9.27. The maximum absolute atomic E-state index is 9.27. The molecule has 1 N–H and O–H groups in total. The van der Waals surface area contributed by atoms with Crippen LogP contribution in [-0.2, 0) is 20.1 Å². The Morgan fingerprint density at radius 3 is 2.29 bits per heavy atom. The number of aryl methyl sites for hydroxylation is 1. The molecular formula is C15H19NO. The molecule has 0 atom stereocenters. The predicted octanol–water partition coefficient (Wildman–Crippen LogP) is 3.06. The zero-order valence-electron chi connectivity index (χ0n) is 10.7. The molecule has 1 aromatic heterocycles. The first-order valence-electron chi connectivity index (χ1n) is 6.02. The predicted molar refractivity (Wildman–Crippen MR) is 70.9 cm³/mol. The lowest BCUT2D eigenvalue weighted by molar-refractivity contribution is 0.281. The Bertz CT molecular complexity index is 508. The highest BCUT2D eigenvalue weighted by molar-refractivity contribution is 5.62. The Labute approximate surface area is 103 Å². The highest BCUT2D eigenvalue weighted by Gasteiger charge is 2.09. The number of aliphatic hydroxyl groups excluding tert-OH is 1. The molecule has 0 aliphatic heterocycles. The first kappa shape index (κ1) is 11.9. The van der Waals surface area contributed by atoms with Crippen molar-refractivity contribution in [2.45, 2.75) is 26.9 Å². The van der Waals surface area contributed by atoms with Crippen LogP contribution in [0, 0.1) is 6.92 Å². The fourth-order valence-corrected chi connectivity index (χ4v) is 2.11. The average Bonchev–Trinajstić information content (AvgIpc) is 2.66. The van der Waals surface area contributed by atoms with E-state index < -0.39 is 0 Å². The zero-order valence-corrected chi connectivity index (χ0v) is 10.7. The van der Waals surface area contributed by atoms with Crippen LogP contribution in [0.1, 0.15) is 23.7 Å². The summed E-state index contributed by atoms with van der Waals surface area (Å²) >= 11 is 0. The van der Waals surface area contributed by atoms with Crippen molar-refractivity contribution in [3.63, 3.8) is 0 Å². The van der Waals surface area contributed by atoms with E-state index in [9.17, 15) is 5.11 Å². The summed E-state index contributed by atoms with van der Waals surface area (Å²) in [5.41, 5.74) is 5.84. The number of hydrogen-bond acceptors (Lipinski definition) is 1. The Morgan fingerprint density at radius 1 is 1.18 bits per heavy atom. The molecule has 2 rings (SSSR count). The van der Waals surface area contributed by atoms with Crippen LogP contribution in [0.4, 0.5) is 0 Å². The van der Waals surface area contributed by atoms with Gasteiger partial charge in [0.25, 0.3) is 0 Å². The van der Waals surface area contributed by atoms with E-state index in [1.165, 1.54) is 11.1 Å². The van der Waals surface area contributed by atoms with Crippen molar-refractivity contribution < 1.29 is 5.11 Å². The monoisotopic (exact) mass is 229 g/mol. The molecule has 2 heteroatoms. The molecule has 1 aromatic carbocycles. The van der Waals surface area contributed by atoms with E-state index in [0.717, 1.165) is 23.4 Å². The Morgan fingerprint density at radius 2 is 1.82 bits per heavy atom. The number of benzene rings is 1. The number of aromatic nitrogens is 1. The van der Waals surface area contributed by atoms with Crippen molar-refractivity contribution in [2.75, 3.05) is 0 Å². The number of aliphatic hydroxyl groups is 1. The van der Waals surface area contributed by atoms with Gasteiger partial charge in [-0.3, -0.25) is 0 Å². The molecule has 0 aliphatic carbocycles. The van der Waals surface area contributed by atoms with E-state index in [-0.39, 0.29) is 6.61 Å². The van der Waals surface area contributed by atoms with Crippen LogP contribution < -0.4 is 0 Å². The molecule has 17 heavy (non-hydrogen) atoms. The molecule has 0 saturated carbocycles. The van der Waals surface area contributed by atoms with Crippen LogP contribution in [0.5, 0.6) is 0 Å². The highest BCUT2D eigenvalue weighted by Crippen LogP contribution is 2.25. The SMILES string of the molecule is CCc1ccc(-c2cc(CO)c(C)n2C)cc1. The van der Waals surface area contributed by atoms with Gasteiger partial charge in [0.1, 0.15) is 0 Å². The lowest BCUT2D eigenvalue weighted by Gasteiger charge is -2.06. The molecule has 90 valence electrons. The van der Waals surface area contributed by atoms with Crippen LogP contribution >= 0.6 is 0 Å². The molecular weight excluding hydrogens is 210 g/mol. The maximum Gasteiger partial charge on any atom is 0.0699 e. The summed E-state index contributed by atoms with van der Waals surface area (Å²) in [6.07, 6.45) is 1.06. The fraction of sp³-hybridized carbons (Fsp3) is 0.333. The third-order valence-electron chi connectivity index (χ3n) is 3.47. The molecule has 0 unspecified atom stereocenters. The van der Waals surface area contributed by atoms with Gasteiger partial charge in [-0.05, 0) is 36.1 Å². The van der Waals surface area contributed by atoms with E-state index in [0.29, 0.717) is 0 Å². The molecule has 0 spiro atoms. The van der Waals surface area contributed by atoms with Gasteiger partial charge in [-0.15, -0.1) is 0 Å². The molecule has 2 nitrogen and oxygen atoms in total. The van der Waals surface area contributed by atoms with Crippen LogP contribution in [-0.4, -0.2) is 9.67 Å². The molecule has 0 saturated heterocycles. The van der Waals surface area contributed by atoms with Gasteiger partial charge in [-0.25, -0.2) is 0 Å². The topological polar surface area (TPSA) is 25.2 Å². The number of nitrogens with zero attached hydrogens (tertiary/aromatic N) is 1. The number of hydrogen-bond donors (Lipinski definition) is 1. The van der Waals surface area contributed by atoms with Crippen molar-refractivity contribution in [1.82, 2.24) is 4.57 Å². The minimum Gasteiger partial charge on any atom is -0.392 e. The van der Waals surface area contributed by atoms with Crippen molar-refractivity contribution in [3.8, 4) is 11.3 Å². The minimum absolute atomic E-state index is 0.104. The molecule has 0 radical (unpaired) electrons. The fourth-order valence-electron chi connectivity index (χ4n) is 2.11. The molecule has 0 aliphatic rings. The van der Waals surface area contributed by atoms with Gasteiger partial charge in [0, 0.05) is 18.4 Å². The first-order chi connectivity index (χ1) is 8.17. The van der Waals surface area contributed by atoms with Gasteiger partial charge >= 0.3 is 0 Å². The van der Waals surface area contributed by atoms with Crippen LogP contribution in [0.2, 0.25) is 0 Å². The van der Waals surface area contributed by atoms with E-state index in [4.69, 9.17) is 0 Å². The highest BCUT2D eigenvalue weighted by atomic mass is 16.3. The lowest BCUT2D eigenvalue weighted by atomic mass is 10.1. The Hall–Kier alpha value is -1.54. The number of rotatable bonds is 3. The molecule has 2 aromatic rings. The summed E-state index contributed by atoms with van der Waals surface area (Å²) in [5, 5.41) is 9.27. The van der Waals surface area contributed by atoms with Crippen molar-refractivity contribution in [2.24, 2.45) is 7.05 Å². The summed E-state index contributed by atoms with van der Waals surface area (Å²) in [5.74, 6) is 0. The van der Waals surface area contributed by atoms with E-state index in [1.807, 2.05) is 14.0 Å². The summed E-state index contributed by atoms with van der Waals surface area (Å²) in [6, 6.07) is 10.7. The standard InChI is InChI=1S/C15H19NO/c1-4-12-5-7-13(8-6-12)15-9-14(10-17)11(2)16(15)3/h5-9,17H,4,10H2,1-3H3. The van der Waals surface area contributed by atoms with Crippen molar-refractivity contribution in [1.29, 1.82) is 0 Å². The third kappa shape index (κ3) is 2.13. The Kier molecular flexibility index (Phi) is 3.34. The zero-order chi connectivity index (χ0) is 12.4. The van der Waals surface area contributed by atoms with Crippen molar-refractivity contribution in [3.05, 3.63) is 47.2 Å². The molecule has 0 bridgehead atoms. The summed E-state index contributed by atoms with van der Waals surface area (Å²) < 4.78 is 2.13. The summed E-state index contributed by atoms with van der Waals surface area (Å²) in [4.78, 5) is 0. The van der Waals surface area contributed by atoms with Gasteiger partial charge in [-0.2, -0.15) is 0 Å². The largest absolute Gasteiger partial charge is 0.392 e. The van der Waals surface area contributed by atoms with E-state index in [2.05, 4.69) is 41.8 Å². The second kappa shape index (κ2) is 4.76. The first-order valence-corrected chi connectivity index (χ1v) is 6.02. The molecule has 1 heterocycles. The van der Waals surface area contributed by atoms with Gasteiger partial charge < -0.3 is 9.67 Å². The van der Waals surface area contributed by atoms with Crippen LogP contribution in [0.15, 0.2) is 30.3 Å². The second-order valence-corrected chi connectivity index (χ2v) is 4.41. The normalized spacial score (nSPS) is 10.8. The Balaban J connectivity index is 2.45. The smallest absolute Gasteiger partial charge is 0.0699 e. The van der Waals surface area contributed by atoms with Gasteiger partial charge in [0.2, 0.25) is 0 Å². The van der Waals surface area contributed by atoms with Crippen LogP contribution in [0.3, 0.4) is 0 Å². The molecule has 0 fully saturated rings. The van der Waals surface area contributed by atoms with Crippen LogP contribution in [0.25, 0.3) is 11.3 Å². The van der Waals surface area contributed by atoms with Gasteiger partial charge in [0.05, 0.1) is 6.61 Å². The molecule has 0 amide bonds.